The van der Waals surface area contributed by atoms with E-state index in [1.165, 1.54) is 0 Å². The van der Waals surface area contributed by atoms with Crippen LogP contribution in [0.25, 0.3) is 0 Å². The smallest absolute Gasteiger partial charge is 0.0659 e. The molecule has 2 radical (unpaired) electrons. The Morgan fingerprint density at radius 1 is 1.62 bits per heavy atom. The minimum Gasteiger partial charge on any atom is -0.396 e. The Bertz CT molecular complexity index is 52.4. The first kappa shape index (κ1) is 7.98. The number of aliphatic hydroxyl groups is 2. The van der Waals surface area contributed by atoms with Gasteiger partial charge in [0.1, 0.15) is 0 Å². The molecule has 0 saturated heterocycles. The van der Waals surface area contributed by atoms with E-state index >= 15 is 0 Å². The second kappa shape index (κ2) is 3.92. The van der Waals surface area contributed by atoms with Gasteiger partial charge in [-0.2, -0.15) is 0 Å². The van der Waals surface area contributed by atoms with Gasteiger partial charge in [0.05, 0.1) is 14.0 Å². The molecule has 0 aromatic rings. The molecule has 2 nitrogen and oxygen atoms in total. The van der Waals surface area contributed by atoms with Crippen molar-refractivity contribution in [3.05, 3.63) is 0 Å². The van der Waals surface area contributed by atoms with Gasteiger partial charge < -0.3 is 10.2 Å². The quantitative estimate of drug-likeness (QED) is 0.488. The Kier molecular flexibility index (Phi) is 3.92. The van der Waals surface area contributed by atoms with Crippen LogP contribution in [-0.4, -0.2) is 30.8 Å². The van der Waals surface area contributed by atoms with Crippen LogP contribution in [0, 0.1) is 5.92 Å². The Hall–Kier alpha value is -0.0151. The van der Waals surface area contributed by atoms with E-state index in [1.54, 1.807) is 6.92 Å². The van der Waals surface area contributed by atoms with Crippen LogP contribution >= 0.6 is 0 Å². The fourth-order valence-corrected chi connectivity index (χ4v) is 0.424. The summed E-state index contributed by atoms with van der Waals surface area (Å²) in [6.07, 6.45) is -0.154. The van der Waals surface area contributed by atoms with Gasteiger partial charge in [-0.3, -0.25) is 0 Å². The molecule has 0 aliphatic heterocycles. The van der Waals surface area contributed by atoms with Crippen molar-refractivity contribution in [1.82, 2.24) is 0 Å². The third kappa shape index (κ3) is 2.33. The lowest BCUT2D eigenvalue weighted by Crippen LogP contribution is -2.19. The molecule has 0 heterocycles. The average molecular weight is 114 g/mol. The summed E-state index contributed by atoms with van der Waals surface area (Å²) in [6.45, 7) is 1.59. The van der Waals surface area contributed by atoms with E-state index in [0.717, 1.165) is 0 Å². The predicted molar refractivity (Wildman–Crippen MR) is 32.8 cm³/mol. The molecule has 0 aromatic heterocycles. The highest BCUT2D eigenvalue weighted by Crippen LogP contribution is 2.04. The van der Waals surface area contributed by atoms with Gasteiger partial charge in [0.15, 0.2) is 0 Å². The van der Waals surface area contributed by atoms with Gasteiger partial charge in [0.2, 0.25) is 0 Å². The van der Waals surface area contributed by atoms with Crippen molar-refractivity contribution in [3.63, 3.8) is 0 Å². The maximum absolute atomic E-state index is 8.77. The molecule has 0 amide bonds. The van der Waals surface area contributed by atoms with Gasteiger partial charge in [0, 0.05) is 12.5 Å². The van der Waals surface area contributed by atoms with Crippen LogP contribution in [0.5, 0.6) is 0 Å². The normalized spacial score (nSPS) is 17.9. The zero-order valence-corrected chi connectivity index (χ0v) is 5.04. The van der Waals surface area contributed by atoms with Crippen molar-refractivity contribution in [2.24, 2.45) is 5.92 Å². The van der Waals surface area contributed by atoms with Gasteiger partial charge in [-0.05, 0) is 6.92 Å². The molecular weight excluding hydrogens is 103 g/mol. The molecule has 0 rings (SSSR count). The Balaban J connectivity index is 3.35. The fourth-order valence-electron chi connectivity index (χ4n) is 0.424. The molecule has 0 bridgehead atoms. The van der Waals surface area contributed by atoms with E-state index < -0.39 is 6.10 Å². The largest absolute Gasteiger partial charge is 0.396 e. The molecule has 46 valence electrons. The molecule has 0 spiro atoms. The van der Waals surface area contributed by atoms with E-state index in [9.17, 15) is 0 Å². The minimum atomic E-state index is -0.495. The van der Waals surface area contributed by atoms with Crippen LogP contribution in [0.2, 0.25) is 6.32 Å². The van der Waals surface area contributed by atoms with Crippen LogP contribution < -0.4 is 0 Å². The van der Waals surface area contributed by atoms with Crippen molar-refractivity contribution >= 4 is 7.85 Å². The van der Waals surface area contributed by atoms with E-state index in [2.05, 4.69) is 0 Å². The summed E-state index contributed by atoms with van der Waals surface area (Å²) < 4.78 is 0. The molecule has 2 N–H and O–H groups in total. The summed E-state index contributed by atoms with van der Waals surface area (Å²) in [4.78, 5) is 0. The zero-order valence-electron chi connectivity index (χ0n) is 5.04. The third-order valence-corrected chi connectivity index (χ3v) is 1.22. The molecule has 0 aromatic carbocycles. The second-order valence-corrected chi connectivity index (χ2v) is 1.92. The van der Waals surface area contributed by atoms with Gasteiger partial charge in [-0.1, -0.05) is 6.32 Å². The van der Waals surface area contributed by atoms with Crippen LogP contribution in [0.15, 0.2) is 0 Å². The Labute approximate surface area is 50.9 Å². The van der Waals surface area contributed by atoms with Crippen molar-refractivity contribution in [2.45, 2.75) is 19.3 Å². The number of hydrogen-bond acceptors (Lipinski definition) is 2. The van der Waals surface area contributed by atoms with Crippen molar-refractivity contribution < 1.29 is 10.2 Å². The van der Waals surface area contributed by atoms with Crippen molar-refractivity contribution in [2.75, 3.05) is 6.61 Å². The van der Waals surface area contributed by atoms with E-state index in [4.69, 9.17) is 18.1 Å². The molecule has 0 fully saturated rings. The van der Waals surface area contributed by atoms with Crippen molar-refractivity contribution in [1.29, 1.82) is 0 Å². The third-order valence-electron chi connectivity index (χ3n) is 1.22. The molecule has 3 heteroatoms. The summed E-state index contributed by atoms with van der Waals surface area (Å²) in [7, 11) is 5.16. The van der Waals surface area contributed by atoms with Crippen LogP contribution in [0.1, 0.15) is 6.92 Å². The van der Waals surface area contributed by atoms with Crippen LogP contribution in [0.4, 0.5) is 0 Å². The van der Waals surface area contributed by atoms with Crippen LogP contribution in [-0.2, 0) is 0 Å². The summed E-state index contributed by atoms with van der Waals surface area (Å²) in [5, 5.41) is 17.2. The molecular formula is C5H11BO2. The highest BCUT2D eigenvalue weighted by atomic mass is 16.3. The lowest BCUT2D eigenvalue weighted by atomic mass is 9.88. The molecule has 0 unspecified atom stereocenters. The second-order valence-electron chi connectivity index (χ2n) is 1.92. The summed E-state index contributed by atoms with van der Waals surface area (Å²) in [5.74, 6) is -0.157. The molecule has 0 saturated carbocycles. The predicted octanol–water partition coefficient (Wildman–Crippen LogP) is -0.438. The van der Waals surface area contributed by atoms with E-state index in [-0.39, 0.29) is 12.5 Å². The topological polar surface area (TPSA) is 40.5 Å². The average Bonchev–Trinajstić information content (AvgIpc) is 1.69. The molecule has 0 aliphatic carbocycles. The Morgan fingerprint density at radius 3 is 2.12 bits per heavy atom. The number of hydrogen-bond donors (Lipinski definition) is 2. The monoisotopic (exact) mass is 114 g/mol. The first-order chi connectivity index (χ1) is 3.72. The van der Waals surface area contributed by atoms with Gasteiger partial charge in [-0.25, -0.2) is 0 Å². The van der Waals surface area contributed by atoms with Gasteiger partial charge >= 0.3 is 0 Å². The van der Waals surface area contributed by atoms with Gasteiger partial charge in [0.25, 0.3) is 0 Å². The van der Waals surface area contributed by atoms with Crippen LogP contribution in [0.3, 0.4) is 0 Å². The number of rotatable bonds is 3. The zero-order chi connectivity index (χ0) is 6.57. The first-order valence-electron chi connectivity index (χ1n) is 2.71. The highest BCUT2D eigenvalue weighted by Gasteiger charge is 2.09. The summed E-state index contributed by atoms with van der Waals surface area (Å²) in [5.41, 5.74) is 0. The fraction of sp³-hybridized carbons (Fsp3) is 1.00. The molecule has 2 atom stereocenters. The summed E-state index contributed by atoms with van der Waals surface area (Å²) >= 11 is 0. The maximum atomic E-state index is 8.77. The number of aliphatic hydroxyl groups excluding tert-OH is 2. The van der Waals surface area contributed by atoms with Crippen molar-refractivity contribution in [3.8, 4) is 0 Å². The maximum Gasteiger partial charge on any atom is 0.0659 e. The molecule has 8 heavy (non-hydrogen) atoms. The van der Waals surface area contributed by atoms with Gasteiger partial charge in [-0.15, -0.1) is 0 Å². The summed E-state index contributed by atoms with van der Waals surface area (Å²) in [6, 6.07) is 0. The highest BCUT2D eigenvalue weighted by molar-refractivity contribution is 6.08. The van der Waals surface area contributed by atoms with E-state index in [0.29, 0.717) is 6.32 Å². The first-order valence-corrected chi connectivity index (χ1v) is 2.71. The molecule has 0 aliphatic rings. The lowest BCUT2D eigenvalue weighted by Gasteiger charge is -2.13. The Morgan fingerprint density at radius 2 is 2.12 bits per heavy atom. The van der Waals surface area contributed by atoms with E-state index in [1.807, 2.05) is 0 Å². The standard InChI is InChI=1S/C5H11BO2/c1-4(8)5(2-6)3-7/h4-5,7-8H,2-3H2,1H3/t4-,5+/m1/s1. The minimum absolute atomic E-state index is 0.0336. The lowest BCUT2D eigenvalue weighted by molar-refractivity contribution is 0.0917. The SMILES string of the molecule is [B]C[C@@H](CO)[C@@H](C)O.